The number of rotatable bonds is 6. The summed E-state index contributed by atoms with van der Waals surface area (Å²) in [5.41, 5.74) is -0.624. The van der Waals surface area contributed by atoms with Crippen molar-refractivity contribution in [1.29, 1.82) is 0 Å². The van der Waals surface area contributed by atoms with Crippen molar-refractivity contribution >= 4 is 14.3 Å². The van der Waals surface area contributed by atoms with Gasteiger partial charge in [-0.1, -0.05) is 32.9 Å². The average molecular weight is 339 g/mol. The second-order valence-electron chi connectivity index (χ2n) is 7.65. The molecule has 0 amide bonds. The van der Waals surface area contributed by atoms with Gasteiger partial charge in [-0.25, -0.2) is 0 Å². The first-order valence-electron chi connectivity index (χ1n) is 8.06. The molecule has 4 nitrogen and oxygen atoms in total. The third-order valence-electron chi connectivity index (χ3n) is 4.43. The number of carbonyl (C=O) groups excluding carboxylic acids is 1. The Morgan fingerprint density at radius 2 is 1.83 bits per heavy atom. The van der Waals surface area contributed by atoms with Crippen molar-refractivity contribution in [3.8, 4) is 5.75 Å². The lowest BCUT2D eigenvalue weighted by molar-refractivity contribution is -0.148. The summed E-state index contributed by atoms with van der Waals surface area (Å²) in [5.74, 6) is 0.325. The number of benzene rings is 1. The van der Waals surface area contributed by atoms with E-state index in [1.54, 1.807) is 19.9 Å². The molecule has 0 bridgehead atoms. The summed E-state index contributed by atoms with van der Waals surface area (Å²) < 4.78 is 11.2. The molecule has 1 unspecified atom stereocenters. The second kappa shape index (κ2) is 7.05. The Balaban J connectivity index is 2.98. The van der Waals surface area contributed by atoms with Crippen molar-refractivity contribution in [2.45, 2.75) is 64.8 Å². The van der Waals surface area contributed by atoms with Crippen LogP contribution in [-0.2, 0) is 15.1 Å². The van der Waals surface area contributed by atoms with Gasteiger partial charge in [0.05, 0.1) is 18.6 Å². The van der Waals surface area contributed by atoms with E-state index in [9.17, 15) is 9.90 Å². The maximum Gasteiger partial charge on any atom is 0.309 e. The lowest BCUT2D eigenvalue weighted by Gasteiger charge is -2.36. The van der Waals surface area contributed by atoms with Crippen LogP contribution in [0.4, 0.5) is 0 Å². The lowest BCUT2D eigenvalue weighted by Crippen LogP contribution is -2.43. The van der Waals surface area contributed by atoms with Crippen LogP contribution >= 0.6 is 0 Å². The van der Waals surface area contributed by atoms with Crippen molar-refractivity contribution in [2.24, 2.45) is 0 Å². The Labute approximate surface area is 140 Å². The molecule has 1 aromatic carbocycles. The summed E-state index contributed by atoms with van der Waals surface area (Å²) in [6.45, 7) is 14.6. The molecule has 0 aliphatic heterocycles. The van der Waals surface area contributed by atoms with Crippen LogP contribution in [0.1, 0.15) is 46.6 Å². The SMILES string of the molecule is CCOC(=O)CC(C)(O)c1cccc(O[Si](C)(C)C(C)(C)C)c1. The Bertz CT molecular complexity index is 544. The van der Waals surface area contributed by atoms with Gasteiger partial charge in [0.1, 0.15) is 5.75 Å². The molecule has 1 N–H and O–H groups in total. The van der Waals surface area contributed by atoms with Gasteiger partial charge in [-0.15, -0.1) is 0 Å². The summed E-state index contributed by atoms with van der Waals surface area (Å²) in [5, 5.41) is 10.7. The highest BCUT2D eigenvalue weighted by Gasteiger charge is 2.39. The van der Waals surface area contributed by atoms with Crippen molar-refractivity contribution in [1.82, 2.24) is 0 Å². The Kier molecular flexibility index (Phi) is 6.04. The summed E-state index contributed by atoms with van der Waals surface area (Å²) in [6, 6.07) is 7.36. The van der Waals surface area contributed by atoms with Gasteiger partial charge < -0.3 is 14.3 Å². The number of ether oxygens (including phenoxy) is 1. The topological polar surface area (TPSA) is 55.8 Å². The molecule has 0 saturated carbocycles. The number of carbonyl (C=O) groups is 1. The average Bonchev–Trinajstić information content (AvgIpc) is 2.36. The Hall–Kier alpha value is -1.33. The van der Waals surface area contributed by atoms with E-state index in [0.717, 1.165) is 5.75 Å². The van der Waals surface area contributed by atoms with E-state index in [-0.39, 0.29) is 11.5 Å². The van der Waals surface area contributed by atoms with Gasteiger partial charge in [0.25, 0.3) is 0 Å². The van der Waals surface area contributed by atoms with Crippen LogP contribution < -0.4 is 4.43 Å². The van der Waals surface area contributed by atoms with Crippen molar-refractivity contribution in [3.63, 3.8) is 0 Å². The summed E-state index contributed by atoms with van der Waals surface area (Å²) in [7, 11) is -1.95. The van der Waals surface area contributed by atoms with Crippen LogP contribution in [0.25, 0.3) is 0 Å². The maximum absolute atomic E-state index is 11.7. The largest absolute Gasteiger partial charge is 0.543 e. The van der Waals surface area contributed by atoms with Gasteiger partial charge in [0.15, 0.2) is 0 Å². The molecule has 23 heavy (non-hydrogen) atoms. The molecular weight excluding hydrogens is 308 g/mol. The monoisotopic (exact) mass is 338 g/mol. The van der Waals surface area contributed by atoms with E-state index in [1.807, 2.05) is 18.2 Å². The molecular formula is C18H30O4Si. The van der Waals surface area contributed by atoms with Crippen LogP contribution in [0, 0.1) is 0 Å². The van der Waals surface area contributed by atoms with Crippen LogP contribution in [-0.4, -0.2) is 26.0 Å². The predicted molar refractivity (Wildman–Crippen MR) is 95.1 cm³/mol. The van der Waals surface area contributed by atoms with Crippen LogP contribution in [0.5, 0.6) is 5.75 Å². The van der Waals surface area contributed by atoms with E-state index < -0.39 is 19.9 Å². The van der Waals surface area contributed by atoms with Crippen molar-refractivity contribution in [2.75, 3.05) is 6.61 Å². The molecule has 0 spiro atoms. The van der Waals surface area contributed by atoms with Crippen LogP contribution in [0.3, 0.4) is 0 Å². The zero-order valence-electron chi connectivity index (χ0n) is 15.4. The predicted octanol–water partition coefficient (Wildman–Crippen LogP) is 4.23. The van der Waals surface area contributed by atoms with Gasteiger partial charge in [-0.05, 0) is 49.7 Å². The molecule has 1 aromatic rings. The highest BCUT2D eigenvalue weighted by Crippen LogP contribution is 2.38. The van der Waals surface area contributed by atoms with Gasteiger partial charge in [0, 0.05) is 0 Å². The van der Waals surface area contributed by atoms with E-state index >= 15 is 0 Å². The summed E-state index contributed by atoms with van der Waals surface area (Å²) in [6.07, 6.45) is -0.0790. The molecule has 0 saturated heterocycles. The third kappa shape index (κ3) is 5.36. The first-order chi connectivity index (χ1) is 10.4. The second-order valence-corrected chi connectivity index (χ2v) is 12.4. The van der Waals surface area contributed by atoms with Crippen molar-refractivity contribution in [3.05, 3.63) is 29.8 Å². The number of hydrogen-bond acceptors (Lipinski definition) is 4. The molecule has 0 aromatic heterocycles. The van der Waals surface area contributed by atoms with Gasteiger partial charge in [-0.2, -0.15) is 0 Å². The van der Waals surface area contributed by atoms with Crippen LogP contribution in [0.2, 0.25) is 18.1 Å². The fraction of sp³-hybridized carbons (Fsp3) is 0.611. The molecule has 1 atom stereocenters. The van der Waals surface area contributed by atoms with Crippen molar-refractivity contribution < 1.29 is 19.1 Å². The van der Waals surface area contributed by atoms with E-state index in [4.69, 9.17) is 9.16 Å². The standard InChI is InChI=1S/C18H30O4Si/c1-8-21-16(19)13-18(5,20)14-10-9-11-15(12-14)22-23(6,7)17(2,3)4/h9-12,20H,8,13H2,1-7H3. The minimum atomic E-state index is -1.95. The molecule has 0 radical (unpaired) electrons. The molecule has 0 fully saturated rings. The highest BCUT2D eigenvalue weighted by molar-refractivity contribution is 6.74. The summed E-state index contributed by atoms with van der Waals surface area (Å²) in [4.78, 5) is 11.7. The molecule has 0 aliphatic carbocycles. The van der Waals surface area contributed by atoms with E-state index in [1.165, 1.54) is 0 Å². The lowest BCUT2D eigenvalue weighted by atomic mass is 9.92. The number of esters is 1. The minimum Gasteiger partial charge on any atom is -0.543 e. The van der Waals surface area contributed by atoms with E-state index in [0.29, 0.717) is 12.2 Å². The fourth-order valence-corrected chi connectivity index (χ4v) is 2.96. The Morgan fingerprint density at radius 3 is 2.35 bits per heavy atom. The van der Waals surface area contributed by atoms with Gasteiger partial charge >= 0.3 is 5.97 Å². The number of hydrogen-bond donors (Lipinski definition) is 1. The molecule has 5 heteroatoms. The summed E-state index contributed by atoms with van der Waals surface area (Å²) >= 11 is 0. The molecule has 130 valence electrons. The van der Waals surface area contributed by atoms with E-state index in [2.05, 4.69) is 33.9 Å². The highest BCUT2D eigenvalue weighted by atomic mass is 28.4. The normalized spacial score (nSPS) is 15.0. The smallest absolute Gasteiger partial charge is 0.309 e. The molecule has 0 aliphatic rings. The van der Waals surface area contributed by atoms with Gasteiger partial charge in [0.2, 0.25) is 8.32 Å². The van der Waals surface area contributed by atoms with Gasteiger partial charge in [-0.3, -0.25) is 4.79 Å². The first kappa shape index (κ1) is 19.7. The third-order valence-corrected chi connectivity index (χ3v) is 8.79. The quantitative estimate of drug-likeness (QED) is 0.623. The zero-order chi connectivity index (χ0) is 17.9. The van der Waals surface area contributed by atoms with Crippen LogP contribution in [0.15, 0.2) is 24.3 Å². The fourth-order valence-electron chi connectivity index (χ4n) is 1.94. The zero-order valence-corrected chi connectivity index (χ0v) is 16.4. The maximum atomic E-state index is 11.7. The number of aliphatic hydroxyl groups is 1. The minimum absolute atomic E-state index is 0.0790. The Morgan fingerprint density at radius 1 is 1.22 bits per heavy atom. The first-order valence-corrected chi connectivity index (χ1v) is 11.0. The molecule has 1 rings (SSSR count). The molecule has 0 heterocycles.